The van der Waals surface area contributed by atoms with Gasteiger partial charge in [-0.3, -0.25) is 9.59 Å². The van der Waals surface area contributed by atoms with Crippen LogP contribution in [0.3, 0.4) is 0 Å². The minimum atomic E-state index is -0.427. The second-order valence-corrected chi connectivity index (χ2v) is 8.66. The quantitative estimate of drug-likeness (QED) is 0.261. The molecule has 3 aromatic carbocycles. The molecular formula is C21H14Br3N3O3. The Kier molecular flexibility index (Phi) is 7.41. The lowest BCUT2D eigenvalue weighted by molar-refractivity contribution is 0.0954. The van der Waals surface area contributed by atoms with Crippen molar-refractivity contribution < 1.29 is 14.7 Å². The second-order valence-electron chi connectivity index (χ2n) is 6.04. The molecule has 9 heteroatoms. The summed E-state index contributed by atoms with van der Waals surface area (Å²) >= 11 is 9.91. The van der Waals surface area contributed by atoms with Crippen LogP contribution in [0.25, 0.3) is 0 Å². The number of benzene rings is 3. The zero-order valence-electron chi connectivity index (χ0n) is 15.2. The van der Waals surface area contributed by atoms with Crippen LogP contribution in [0.4, 0.5) is 5.69 Å². The summed E-state index contributed by atoms with van der Waals surface area (Å²) < 4.78 is 1.95. The van der Waals surface area contributed by atoms with Crippen molar-refractivity contribution in [2.75, 3.05) is 5.32 Å². The predicted octanol–water partition coefficient (Wildman–Crippen LogP) is 5.70. The van der Waals surface area contributed by atoms with Crippen LogP contribution in [0, 0.1) is 0 Å². The van der Waals surface area contributed by atoms with E-state index in [1.165, 1.54) is 6.21 Å². The number of nitrogens with zero attached hydrogens (tertiary/aromatic N) is 1. The Morgan fingerprint density at radius 2 is 1.60 bits per heavy atom. The molecule has 2 amide bonds. The van der Waals surface area contributed by atoms with Crippen molar-refractivity contribution in [2.24, 2.45) is 5.10 Å². The lowest BCUT2D eigenvalue weighted by Crippen LogP contribution is -2.18. The van der Waals surface area contributed by atoms with E-state index in [0.717, 1.165) is 4.47 Å². The Bertz CT molecular complexity index is 1130. The van der Waals surface area contributed by atoms with Gasteiger partial charge in [-0.15, -0.1) is 0 Å². The summed E-state index contributed by atoms with van der Waals surface area (Å²) in [5.41, 5.74) is 4.27. The summed E-state index contributed by atoms with van der Waals surface area (Å²) in [4.78, 5) is 24.6. The fourth-order valence-electron chi connectivity index (χ4n) is 2.46. The Morgan fingerprint density at radius 1 is 0.900 bits per heavy atom. The Balaban J connectivity index is 1.63. The maximum atomic E-state index is 12.3. The molecule has 3 N–H and O–H groups in total. The van der Waals surface area contributed by atoms with Crippen LogP contribution in [-0.2, 0) is 0 Å². The van der Waals surface area contributed by atoms with Crippen LogP contribution < -0.4 is 10.7 Å². The molecule has 0 unspecified atom stereocenters. The Labute approximate surface area is 197 Å². The van der Waals surface area contributed by atoms with Crippen molar-refractivity contribution in [1.29, 1.82) is 0 Å². The average molecular weight is 596 g/mol. The minimum Gasteiger partial charge on any atom is -0.506 e. The first-order valence-electron chi connectivity index (χ1n) is 8.52. The average Bonchev–Trinajstić information content (AvgIpc) is 2.72. The second kappa shape index (κ2) is 10.0. The van der Waals surface area contributed by atoms with Gasteiger partial charge >= 0.3 is 0 Å². The normalized spacial score (nSPS) is 10.8. The van der Waals surface area contributed by atoms with Gasteiger partial charge in [-0.2, -0.15) is 5.10 Å². The lowest BCUT2D eigenvalue weighted by atomic mass is 10.1. The van der Waals surface area contributed by atoms with Gasteiger partial charge in [0.05, 0.1) is 16.3 Å². The molecule has 0 heterocycles. The van der Waals surface area contributed by atoms with Crippen molar-refractivity contribution in [3.05, 3.63) is 90.8 Å². The molecular weight excluding hydrogens is 582 g/mol. The SMILES string of the molecule is O=C(N/N=C\c1cc(Br)cc(Br)c1O)c1ccc(NC(=O)c2ccccc2Br)cc1. The summed E-state index contributed by atoms with van der Waals surface area (Å²) in [5.74, 6) is -0.672. The molecule has 0 aliphatic carbocycles. The fourth-order valence-corrected chi connectivity index (χ4v) is 4.18. The monoisotopic (exact) mass is 593 g/mol. The van der Waals surface area contributed by atoms with Crippen LogP contribution in [0.5, 0.6) is 5.75 Å². The van der Waals surface area contributed by atoms with Crippen molar-refractivity contribution >= 4 is 71.5 Å². The highest BCUT2D eigenvalue weighted by atomic mass is 79.9. The zero-order valence-corrected chi connectivity index (χ0v) is 20.0. The summed E-state index contributed by atoms with van der Waals surface area (Å²) in [5, 5.41) is 16.7. The molecule has 0 fully saturated rings. The number of nitrogens with one attached hydrogen (secondary N) is 2. The van der Waals surface area contributed by atoms with E-state index in [0.29, 0.717) is 31.3 Å². The van der Waals surface area contributed by atoms with Gasteiger partial charge in [0.15, 0.2) is 0 Å². The van der Waals surface area contributed by atoms with E-state index in [9.17, 15) is 14.7 Å². The molecule has 6 nitrogen and oxygen atoms in total. The molecule has 152 valence electrons. The summed E-state index contributed by atoms with van der Waals surface area (Å²) in [6, 6.07) is 16.9. The number of hydrogen-bond donors (Lipinski definition) is 3. The zero-order chi connectivity index (χ0) is 21.7. The van der Waals surface area contributed by atoms with Crippen LogP contribution in [0.15, 0.2) is 79.2 Å². The maximum absolute atomic E-state index is 12.3. The van der Waals surface area contributed by atoms with Crippen LogP contribution >= 0.6 is 47.8 Å². The summed E-state index contributed by atoms with van der Waals surface area (Å²) in [7, 11) is 0. The van der Waals surface area contributed by atoms with Gasteiger partial charge in [0.25, 0.3) is 11.8 Å². The molecule has 0 radical (unpaired) electrons. The number of carbonyl (C=O) groups is 2. The molecule has 0 saturated carbocycles. The first-order valence-corrected chi connectivity index (χ1v) is 10.9. The van der Waals surface area contributed by atoms with Crippen molar-refractivity contribution in [1.82, 2.24) is 5.43 Å². The number of hydrazone groups is 1. The van der Waals surface area contributed by atoms with Crippen LogP contribution in [-0.4, -0.2) is 23.1 Å². The van der Waals surface area contributed by atoms with Gasteiger partial charge in [0.2, 0.25) is 0 Å². The summed E-state index contributed by atoms with van der Waals surface area (Å²) in [6.07, 6.45) is 1.34. The highest BCUT2D eigenvalue weighted by molar-refractivity contribution is 9.11. The highest BCUT2D eigenvalue weighted by Gasteiger charge is 2.11. The van der Waals surface area contributed by atoms with Gasteiger partial charge in [0.1, 0.15) is 5.75 Å². The maximum Gasteiger partial charge on any atom is 0.271 e. The van der Waals surface area contributed by atoms with E-state index < -0.39 is 5.91 Å². The number of phenols is 1. The van der Waals surface area contributed by atoms with Gasteiger partial charge in [-0.05, 0) is 80.4 Å². The van der Waals surface area contributed by atoms with E-state index in [-0.39, 0.29) is 11.7 Å². The number of aromatic hydroxyl groups is 1. The van der Waals surface area contributed by atoms with E-state index in [1.807, 2.05) is 6.07 Å². The molecule has 0 spiro atoms. The van der Waals surface area contributed by atoms with E-state index in [1.54, 1.807) is 54.6 Å². The van der Waals surface area contributed by atoms with Crippen molar-refractivity contribution in [3.63, 3.8) is 0 Å². The number of carbonyl (C=O) groups excluding carboxylic acids is 2. The fraction of sp³-hybridized carbons (Fsp3) is 0. The standard InChI is InChI=1S/C21H14Br3N3O3/c22-14-9-13(19(28)18(24)10-14)11-25-27-20(29)12-5-7-15(8-6-12)26-21(30)16-3-1-2-4-17(16)23/h1-11,28H,(H,26,30)(H,27,29)/b25-11-. The van der Waals surface area contributed by atoms with E-state index in [4.69, 9.17) is 0 Å². The largest absolute Gasteiger partial charge is 0.506 e. The van der Waals surface area contributed by atoms with Crippen molar-refractivity contribution in [2.45, 2.75) is 0 Å². The number of amides is 2. The van der Waals surface area contributed by atoms with Gasteiger partial charge in [-0.1, -0.05) is 28.1 Å². The number of hydrogen-bond acceptors (Lipinski definition) is 4. The smallest absolute Gasteiger partial charge is 0.271 e. The number of phenolic OH excluding ortho intramolecular Hbond substituents is 1. The third-order valence-corrected chi connectivity index (χ3v) is 5.70. The summed E-state index contributed by atoms with van der Waals surface area (Å²) in [6.45, 7) is 0. The van der Waals surface area contributed by atoms with Crippen molar-refractivity contribution in [3.8, 4) is 5.75 Å². The van der Waals surface area contributed by atoms with Gasteiger partial charge in [-0.25, -0.2) is 5.43 Å². The van der Waals surface area contributed by atoms with Gasteiger partial charge < -0.3 is 10.4 Å². The molecule has 0 saturated heterocycles. The third kappa shape index (κ3) is 5.56. The third-order valence-electron chi connectivity index (χ3n) is 3.95. The lowest BCUT2D eigenvalue weighted by Gasteiger charge is -2.07. The molecule has 30 heavy (non-hydrogen) atoms. The minimum absolute atomic E-state index is 0.0151. The Morgan fingerprint density at radius 3 is 2.30 bits per heavy atom. The molecule has 3 aromatic rings. The molecule has 0 aliphatic heterocycles. The molecule has 0 aliphatic rings. The molecule has 0 atom stereocenters. The molecule has 0 bridgehead atoms. The Hall–Kier alpha value is -2.49. The number of anilines is 1. The van der Waals surface area contributed by atoms with E-state index >= 15 is 0 Å². The van der Waals surface area contributed by atoms with Crippen LogP contribution in [0.2, 0.25) is 0 Å². The predicted molar refractivity (Wildman–Crippen MR) is 127 cm³/mol. The first-order chi connectivity index (χ1) is 14.3. The van der Waals surface area contributed by atoms with E-state index in [2.05, 4.69) is 63.6 Å². The first kappa shape index (κ1) is 22.2. The topological polar surface area (TPSA) is 90.8 Å². The number of halogens is 3. The highest BCUT2D eigenvalue weighted by Crippen LogP contribution is 2.30. The molecule has 3 rings (SSSR count). The molecule has 0 aromatic heterocycles. The number of rotatable bonds is 5. The van der Waals surface area contributed by atoms with Crippen LogP contribution in [0.1, 0.15) is 26.3 Å². The van der Waals surface area contributed by atoms with Gasteiger partial charge in [0, 0.05) is 25.8 Å².